The summed E-state index contributed by atoms with van der Waals surface area (Å²) in [5, 5.41) is 0. The lowest BCUT2D eigenvalue weighted by Gasteiger charge is -2.13. The molecule has 1 heterocycles. The van der Waals surface area contributed by atoms with E-state index >= 15 is 0 Å². The molecule has 2 rings (SSSR count). The fraction of sp³-hybridized carbons (Fsp3) is 0.333. The van der Waals surface area contributed by atoms with E-state index < -0.39 is 5.76 Å². The number of aromatic nitrogens is 1. The Bertz CT molecular complexity index is 614. The maximum Gasteiger partial charge on any atom is 0.417 e. The van der Waals surface area contributed by atoms with Crippen molar-refractivity contribution in [1.29, 1.82) is 0 Å². The zero-order valence-corrected chi connectivity index (χ0v) is 10.1. The molecule has 1 amide bonds. The maximum atomic E-state index is 11.0. The molecular weight excluding hydrogens is 234 g/mol. The Balaban J connectivity index is 2.03. The van der Waals surface area contributed by atoms with Crippen molar-refractivity contribution >= 4 is 17.0 Å². The quantitative estimate of drug-likeness (QED) is 0.785. The molecule has 0 unspecified atom stereocenters. The third-order valence-electron chi connectivity index (χ3n) is 2.69. The van der Waals surface area contributed by atoms with Crippen molar-refractivity contribution in [3.05, 3.63) is 34.3 Å². The number of H-pyrrole nitrogens is 1. The Morgan fingerprint density at radius 3 is 3.00 bits per heavy atom. The van der Waals surface area contributed by atoms with E-state index in [9.17, 15) is 9.59 Å². The van der Waals surface area contributed by atoms with Crippen molar-refractivity contribution in [1.82, 2.24) is 9.88 Å². The molecule has 0 aliphatic rings. The molecule has 3 N–H and O–H groups in total. The van der Waals surface area contributed by atoms with Crippen LogP contribution in [0.3, 0.4) is 0 Å². The fourth-order valence-electron chi connectivity index (χ4n) is 1.81. The van der Waals surface area contributed by atoms with Crippen LogP contribution in [0.25, 0.3) is 11.1 Å². The van der Waals surface area contributed by atoms with Crippen LogP contribution in [-0.4, -0.2) is 35.9 Å². The maximum absolute atomic E-state index is 11.0. The van der Waals surface area contributed by atoms with Gasteiger partial charge in [0.05, 0.1) is 12.1 Å². The van der Waals surface area contributed by atoms with Crippen LogP contribution < -0.4 is 11.5 Å². The van der Waals surface area contributed by atoms with Gasteiger partial charge in [-0.1, -0.05) is 6.07 Å². The zero-order chi connectivity index (χ0) is 13.1. The number of nitrogens with zero attached hydrogens (tertiary/aromatic N) is 1. The number of fused-ring (bicyclic) bond motifs is 1. The van der Waals surface area contributed by atoms with E-state index in [0.717, 1.165) is 12.0 Å². The molecule has 0 aliphatic heterocycles. The number of likely N-dealkylation sites (N-methyl/N-ethyl adjacent to an activating group) is 1. The second-order valence-electron chi connectivity index (χ2n) is 4.30. The van der Waals surface area contributed by atoms with E-state index in [4.69, 9.17) is 10.2 Å². The first-order valence-corrected chi connectivity index (χ1v) is 5.63. The number of nitrogens with one attached hydrogen (secondary N) is 1. The van der Waals surface area contributed by atoms with Gasteiger partial charge in [0.25, 0.3) is 0 Å². The number of oxazole rings is 1. The number of carbonyl (C=O) groups excluding carboxylic acids is 1. The second-order valence-corrected chi connectivity index (χ2v) is 4.30. The van der Waals surface area contributed by atoms with Crippen LogP contribution in [0.2, 0.25) is 0 Å². The summed E-state index contributed by atoms with van der Waals surface area (Å²) in [6, 6.07) is 5.56. The molecule has 0 saturated heterocycles. The highest BCUT2D eigenvalue weighted by atomic mass is 16.4. The molecule has 0 atom stereocenters. The van der Waals surface area contributed by atoms with Gasteiger partial charge in [0, 0.05) is 6.54 Å². The normalized spacial score (nSPS) is 11.2. The van der Waals surface area contributed by atoms with Crippen LogP contribution in [0.4, 0.5) is 0 Å². The molecule has 2 aromatic rings. The zero-order valence-electron chi connectivity index (χ0n) is 10.1. The van der Waals surface area contributed by atoms with Gasteiger partial charge in [-0.2, -0.15) is 0 Å². The molecule has 0 radical (unpaired) electrons. The van der Waals surface area contributed by atoms with Gasteiger partial charge < -0.3 is 10.2 Å². The summed E-state index contributed by atoms with van der Waals surface area (Å²) in [5.41, 5.74) is 7.39. The first-order valence-electron chi connectivity index (χ1n) is 5.63. The van der Waals surface area contributed by atoms with Gasteiger partial charge in [-0.15, -0.1) is 0 Å². The number of benzene rings is 1. The van der Waals surface area contributed by atoms with Crippen LogP contribution in [0.1, 0.15) is 5.56 Å². The van der Waals surface area contributed by atoms with Crippen molar-refractivity contribution in [3.8, 4) is 0 Å². The standard InChI is InChI=1S/C12H15N3O3/c1-15(7-11(13)16)5-4-8-2-3-9-10(6-8)18-12(17)14-9/h2-3,6H,4-5,7H2,1H3,(H2,13,16)(H,14,17). The number of rotatable bonds is 5. The Hall–Kier alpha value is -2.08. The number of aromatic amines is 1. The highest BCUT2D eigenvalue weighted by molar-refractivity contribution is 5.75. The topological polar surface area (TPSA) is 92.3 Å². The number of nitrogens with two attached hydrogens (primary N) is 1. The molecule has 96 valence electrons. The number of hydrogen-bond acceptors (Lipinski definition) is 4. The van der Waals surface area contributed by atoms with E-state index in [1.165, 1.54) is 0 Å². The molecule has 1 aromatic carbocycles. The second kappa shape index (κ2) is 5.05. The third-order valence-corrected chi connectivity index (χ3v) is 2.69. The van der Waals surface area contributed by atoms with Crippen LogP contribution in [-0.2, 0) is 11.2 Å². The summed E-state index contributed by atoms with van der Waals surface area (Å²) >= 11 is 0. The largest absolute Gasteiger partial charge is 0.417 e. The first-order chi connectivity index (χ1) is 8.54. The van der Waals surface area contributed by atoms with Gasteiger partial charge in [0.1, 0.15) is 0 Å². The van der Waals surface area contributed by atoms with Crippen LogP contribution in [0.15, 0.2) is 27.4 Å². The molecule has 1 aromatic heterocycles. The molecule has 6 nitrogen and oxygen atoms in total. The molecule has 6 heteroatoms. The smallest absolute Gasteiger partial charge is 0.408 e. The minimum absolute atomic E-state index is 0.238. The van der Waals surface area contributed by atoms with Crippen molar-refractivity contribution in [2.24, 2.45) is 5.73 Å². The minimum Gasteiger partial charge on any atom is -0.408 e. The molecule has 0 spiro atoms. The van der Waals surface area contributed by atoms with Crippen LogP contribution in [0, 0.1) is 0 Å². The van der Waals surface area contributed by atoms with E-state index in [1.54, 1.807) is 0 Å². The number of carbonyl (C=O) groups is 1. The average Bonchev–Trinajstić information content (AvgIpc) is 2.64. The molecular formula is C12H15N3O3. The summed E-state index contributed by atoms with van der Waals surface area (Å²) in [5.74, 6) is -0.794. The van der Waals surface area contributed by atoms with Gasteiger partial charge >= 0.3 is 5.76 Å². The lowest BCUT2D eigenvalue weighted by molar-refractivity contribution is -0.118. The van der Waals surface area contributed by atoms with Gasteiger partial charge in [0.15, 0.2) is 5.58 Å². The Morgan fingerprint density at radius 1 is 1.50 bits per heavy atom. The predicted molar refractivity (Wildman–Crippen MR) is 67.2 cm³/mol. The highest BCUT2D eigenvalue weighted by Gasteiger charge is 2.05. The summed E-state index contributed by atoms with van der Waals surface area (Å²) < 4.78 is 4.98. The summed E-state index contributed by atoms with van der Waals surface area (Å²) in [7, 11) is 1.83. The molecule has 0 fully saturated rings. The van der Waals surface area contributed by atoms with Crippen LogP contribution in [0.5, 0.6) is 0 Å². The van der Waals surface area contributed by atoms with Crippen LogP contribution >= 0.6 is 0 Å². The van der Waals surface area contributed by atoms with Crippen molar-refractivity contribution < 1.29 is 9.21 Å². The summed E-state index contributed by atoms with van der Waals surface area (Å²) in [6.07, 6.45) is 0.759. The number of primary amides is 1. The summed E-state index contributed by atoms with van der Waals surface area (Å²) in [6.45, 7) is 0.949. The van der Waals surface area contributed by atoms with Gasteiger partial charge in [-0.25, -0.2) is 4.79 Å². The Kier molecular flexibility index (Phi) is 3.47. The van der Waals surface area contributed by atoms with Crippen molar-refractivity contribution in [2.45, 2.75) is 6.42 Å². The minimum atomic E-state index is -0.451. The van der Waals surface area contributed by atoms with E-state index in [2.05, 4.69) is 4.98 Å². The first kappa shape index (κ1) is 12.4. The van der Waals surface area contributed by atoms with E-state index in [0.29, 0.717) is 17.6 Å². The van der Waals surface area contributed by atoms with Gasteiger partial charge in [-0.05, 0) is 31.2 Å². The predicted octanol–water partition coefficient (Wildman–Crippen LogP) is 0.0807. The van der Waals surface area contributed by atoms with E-state index in [-0.39, 0.29) is 12.5 Å². The molecule has 0 aliphatic carbocycles. The number of hydrogen-bond donors (Lipinski definition) is 2. The Morgan fingerprint density at radius 2 is 2.28 bits per heavy atom. The van der Waals surface area contributed by atoms with Gasteiger partial charge in [-0.3, -0.25) is 14.7 Å². The monoisotopic (exact) mass is 249 g/mol. The molecule has 0 bridgehead atoms. The fourth-order valence-corrected chi connectivity index (χ4v) is 1.81. The Labute approximate surface area is 103 Å². The summed E-state index contributed by atoms with van der Waals surface area (Å²) in [4.78, 5) is 26.2. The van der Waals surface area contributed by atoms with E-state index in [1.807, 2.05) is 30.1 Å². The molecule has 18 heavy (non-hydrogen) atoms. The molecule has 0 saturated carbocycles. The van der Waals surface area contributed by atoms with Crippen molar-refractivity contribution in [3.63, 3.8) is 0 Å². The SMILES string of the molecule is CN(CCc1ccc2[nH]c(=O)oc2c1)CC(N)=O. The van der Waals surface area contributed by atoms with Gasteiger partial charge in [0.2, 0.25) is 5.91 Å². The average molecular weight is 249 g/mol. The third kappa shape index (κ3) is 2.98. The highest BCUT2D eigenvalue weighted by Crippen LogP contribution is 2.12. The van der Waals surface area contributed by atoms with Crippen molar-refractivity contribution in [2.75, 3.05) is 20.1 Å². The number of amides is 1. The lowest BCUT2D eigenvalue weighted by Crippen LogP contribution is -2.32. The lowest BCUT2D eigenvalue weighted by atomic mass is 10.1.